The average Bonchev–Trinajstić information content (AvgIpc) is 2.63. The fourth-order valence-corrected chi connectivity index (χ4v) is 1.93. The molecule has 0 aromatic heterocycles. The van der Waals surface area contributed by atoms with Gasteiger partial charge in [-0.3, -0.25) is 4.79 Å². The third-order valence-electron chi connectivity index (χ3n) is 3.12. The Kier molecular flexibility index (Phi) is 3.93. The molecule has 94 valence electrons. The lowest BCUT2D eigenvalue weighted by atomic mass is 10.0. The average molecular weight is 230 g/mol. The maximum atomic E-state index is 12.0. The molecule has 1 aliphatic rings. The number of amides is 1. The SMILES string of the molecule is COC(C)(C)C(=O)N(C)CC1(O)CCNC1. The summed E-state index contributed by atoms with van der Waals surface area (Å²) in [6.07, 6.45) is 0.679. The van der Waals surface area contributed by atoms with Crippen molar-refractivity contribution >= 4 is 5.91 Å². The van der Waals surface area contributed by atoms with E-state index in [1.54, 1.807) is 20.9 Å². The zero-order valence-corrected chi connectivity index (χ0v) is 10.5. The van der Waals surface area contributed by atoms with Crippen molar-refractivity contribution in [2.45, 2.75) is 31.5 Å². The van der Waals surface area contributed by atoms with Gasteiger partial charge >= 0.3 is 0 Å². The molecule has 1 amide bonds. The third kappa shape index (κ3) is 2.93. The molecule has 0 saturated carbocycles. The summed E-state index contributed by atoms with van der Waals surface area (Å²) in [6.45, 7) is 5.13. The molecule has 1 heterocycles. The Bertz CT molecular complexity index is 260. The predicted octanol–water partition coefficient (Wildman–Crippen LogP) is -0.406. The van der Waals surface area contributed by atoms with Crippen LogP contribution in [0.3, 0.4) is 0 Å². The minimum atomic E-state index is -0.836. The van der Waals surface area contributed by atoms with Crippen LogP contribution in [-0.2, 0) is 9.53 Å². The van der Waals surface area contributed by atoms with E-state index in [-0.39, 0.29) is 5.91 Å². The molecular weight excluding hydrogens is 208 g/mol. The van der Waals surface area contributed by atoms with Gasteiger partial charge in [-0.1, -0.05) is 0 Å². The smallest absolute Gasteiger partial charge is 0.254 e. The number of β-amino-alcohol motifs (C(OH)–C–C–N with tert-alkyl or cyclic N) is 1. The number of hydrogen-bond donors (Lipinski definition) is 2. The van der Waals surface area contributed by atoms with Crippen LogP contribution in [0.5, 0.6) is 0 Å². The van der Waals surface area contributed by atoms with E-state index in [1.165, 1.54) is 12.0 Å². The number of methoxy groups -OCH3 is 1. The van der Waals surface area contributed by atoms with Crippen LogP contribution in [0, 0.1) is 0 Å². The molecule has 1 saturated heterocycles. The van der Waals surface area contributed by atoms with Gasteiger partial charge in [-0.05, 0) is 26.8 Å². The van der Waals surface area contributed by atoms with Crippen molar-refractivity contribution in [3.8, 4) is 0 Å². The minimum Gasteiger partial charge on any atom is -0.387 e. The Morgan fingerprint density at radius 3 is 2.69 bits per heavy atom. The van der Waals surface area contributed by atoms with Gasteiger partial charge in [0.25, 0.3) is 5.91 Å². The minimum absolute atomic E-state index is 0.115. The predicted molar refractivity (Wildman–Crippen MR) is 61.2 cm³/mol. The second kappa shape index (κ2) is 4.69. The van der Waals surface area contributed by atoms with E-state index < -0.39 is 11.2 Å². The maximum Gasteiger partial charge on any atom is 0.254 e. The molecule has 5 nitrogen and oxygen atoms in total. The highest BCUT2D eigenvalue weighted by atomic mass is 16.5. The number of aliphatic hydroxyl groups is 1. The zero-order chi connectivity index (χ0) is 12.4. The third-order valence-corrected chi connectivity index (χ3v) is 3.12. The molecule has 5 heteroatoms. The van der Waals surface area contributed by atoms with Crippen LogP contribution in [0.2, 0.25) is 0 Å². The maximum absolute atomic E-state index is 12.0. The van der Waals surface area contributed by atoms with Crippen molar-refractivity contribution in [3.05, 3.63) is 0 Å². The first-order valence-electron chi connectivity index (χ1n) is 5.54. The molecule has 0 aromatic carbocycles. The normalized spacial score (nSPS) is 25.8. The second-order valence-electron chi connectivity index (χ2n) is 5.03. The summed E-state index contributed by atoms with van der Waals surface area (Å²) >= 11 is 0. The molecule has 1 aliphatic heterocycles. The Hall–Kier alpha value is -0.650. The van der Waals surface area contributed by atoms with Crippen LogP contribution in [0.15, 0.2) is 0 Å². The fourth-order valence-electron chi connectivity index (χ4n) is 1.93. The number of carbonyl (C=O) groups is 1. The first kappa shape index (κ1) is 13.4. The molecule has 2 N–H and O–H groups in total. The van der Waals surface area contributed by atoms with Gasteiger partial charge in [0.2, 0.25) is 0 Å². The molecule has 1 atom stereocenters. The van der Waals surface area contributed by atoms with Gasteiger partial charge in [-0.15, -0.1) is 0 Å². The summed E-state index contributed by atoms with van der Waals surface area (Å²) in [7, 11) is 3.21. The summed E-state index contributed by atoms with van der Waals surface area (Å²) in [5, 5.41) is 13.2. The highest BCUT2D eigenvalue weighted by molar-refractivity contribution is 5.84. The van der Waals surface area contributed by atoms with Crippen LogP contribution >= 0.6 is 0 Å². The summed E-state index contributed by atoms with van der Waals surface area (Å²) < 4.78 is 5.13. The van der Waals surface area contributed by atoms with Crippen molar-refractivity contribution in [2.75, 3.05) is 33.8 Å². The monoisotopic (exact) mass is 230 g/mol. The number of hydrogen-bond acceptors (Lipinski definition) is 4. The van der Waals surface area contributed by atoms with Gasteiger partial charge < -0.3 is 20.1 Å². The number of nitrogens with one attached hydrogen (secondary N) is 1. The van der Waals surface area contributed by atoms with Crippen LogP contribution in [0.25, 0.3) is 0 Å². The number of rotatable bonds is 4. The second-order valence-corrected chi connectivity index (χ2v) is 5.03. The zero-order valence-electron chi connectivity index (χ0n) is 10.5. The first-order chi connectivity index (χ1) is 7.31. The molecular formula is C11H22N2O3. The summed E-state index contributed by atoms with van der Waals surface area (Å²) in [5.74, 6) is -0.115. The fraction of sp³-hybridized carbons (Fsp3) is 0.909. The van der Waals surface area contributed by atoms with E-state index in [2.05, 4.69) is 5.32 Å². The van der Waals surface area contributed by atoms with Gasteiger partial charge in [0.1, 0.15) is 5.60 Å². The van der Waals surface area contributed by atoms with Crippen LogP contribution in [0.4, 0.5) is 0 Å². The van der Waals surface area contributed by atoms with E-state index in [0.717, 1.165) is 6.54 Å². The lowest BCUT2D eigenvalue weighted by Gasteiger charge is -2.33. The lowest BCUT2D eigenvalue weighted by molar-refractivity contribution is -0.152. The Morgan fingerprint density at radius 2 is 2.25 bits per heavy atom. The highest BCUT2D eigenvalue weighted by Gasteiger charge is 2.37. The Morgan fingerprint density at radius 1 is 1.62 bits per heavy atom. The molecule has 0 aromatic rings. The number of ether oxygens (including phenoxy) is 1. The molecule has 0 bridgehead atoms. The van der Waals surface area contributed by atoms with Crippen molar-refractivity contribution in [2.24, 2.45) is 0 Å². The topological polar surface area (TPSA) is 61.8 Å². The summed E-state index contributed by atoms with van der Waals surface area (Å²) in [4.78, 5) is 13.5. The van der Waals surface area contributed by atoms with Gasteiger partial charge in [0.15, 0.2) is 0 Å². The Balaban J connectivity index is 2.58. The highest BCUT2D eigenvalue weighted by Crippen LogP contribution is 2.18. The van der Waals surface area contributed by atoms with E-state index in [4.69, 9.17) is 4.74 Å². The molecule has 0 radical (unpaired) electrons. The van der Waals surface area contributed by atoms with Gasteiger partial charge in [-0.2, -0.15) is 0 Å². The van der Waals surface area contributed by atoms with E-state index in [9.17, 15) is 9.90 Å². The summed E-state index contributed by atoms with van der Waals surface area (Å²) in [6, 6.07) is 0. The molecule has 0 aliphatic carbocycles. The molecule has 1 fully saturated rings. The quantitative estimate of drug-likeness (QED) is 0.689. The van der Waals surface area contributed by atoms with Crippen LogP contribution < -0.4 is 5.32 Å². The van der Waals surface area contributed by atoms with Gasteiger partial charge in [-0.25, -0.2) is 0 Å². The first-order valence-corrected chi connectivity index (χ1v) is 5.54. The molecule has 16 heavy (non-hydrogen) atoms. The van der Waals surface area contributed by atoms with Crippen LogP contribution in [-0.4, -0.2) is 60.9 Å². The van der Waals surface area contributed by atoms with Crippen molar-refractivity contribution in [3.63, 3.8) is 0 Å². The largest absolute Gasteiger partial charge is 0.387 e. The van der Waals surface area contributed by atoms with Crippen molar-refractivity contribution < 1.29 is 14.6 Å². The van der Waals surface area contributed by atoms with E-state index in [1.807, 2.05) is 0 Å². The number of nitrogens with zero attached hydrogens (tertiary/aromatic N) is 1. The summed E-state index contributed by atoms with van der Waals surface area (Å²) in [5.41, 5.74) is -1.63. The number of carbonyl (C=O) groups excluding carboxylic acids is 1. The van der Waals surface area contributed by atoms with Crippen LogP contribution in [0.1, 0.15) is 20.3 Å². The Labute approximate surface area is 96.8 Å². The molecule has 1 rings (SSSR count). The lowest BCUT2D eigenvalue weighted by Crippen LogP contribution is -2.51. The van der Waals surface area contributed by atoms with Crippen molar-refractivity contribution in [1.82, 2.24) is 10.2 Å². The van der Waals surface area contributed by atoms with Gasteiger partial charge in [0.05, 0.1) is 12.1 Å². The van der Waals surface area contributed by atoms with E-state index >= 15 is 0 Å². The number of likely N-dealkylation sites (N-methyl/N-ethyl adjacent to an activating group) is 1. The molecule has 0 spiro atoms. The van der Waals surface area contributed by atoms with E-state index in [0.29, 0.717) is 19.5 Å². The molecule has 1 unspecified atom stereocenters. The van der Waals surface area contributed by atoms with Gasteiger partial charge in [0, 0.05) is 20.7 Å². The van der Waals surface area contributed by atoms with Crippen molar-refractivity contribution in [1.29, 1.82) is 0 Å². The standard InChI is InChI=1S/C11H22N2O3/c1-10(2,16-4)9(14)13(3)8-11(15)5-6-12-7-11/h12,15H,5-8H2,1-4H3.